The average molecular weight is 255 g/mol. The summed E-state index contributed by atoms with van der Waals surface area (Å²) in [6, 6.07) is 4.74. The Hall–Kier alpha value is -0.870. The van der Waals surface area contributed by atoms with E-state index < -0.39 is 5.97 Å². The third-order valence-corrected chi connectivity index (χ3v) is 3.71. The molecule has 1 heterocycles. The SMILES string of the molecule is Cc1ccc(CN(CCCC(=O)O)C(C)C)s1. The quantitative estimate of drug-likeness (QED) is 0.813. The maximum absolute atomic E-state index is 10.5. The molecule has 1 rings (SSSR count). The molecular weight excluding hydrogens is 234 g/mol. The summed E-state index contributed by atoms with van der Waals surface area (Å²) in [5.74, 6) is -0.708. The van der Waals surface area contributed by atoms with Crippen LogP contribution in [0.15, 0.2) is 12.1 Å². The highest BCUT2D eigenvalue weighted by Gasteiger charge is 2.11. The van der Waals surface area contributed by atoms with E-state index in [0.717, 1.165) is 19.5 Å². The number of carbonyl (C=O) groups is 1. The van der Waals surface area contributed by atoms with Gasteiger partial charge in [0.05, 0.1) is 0 Å². The van der Waals surface area contributed by atoms with Crippen LogP contribution < -0.4 is 0 Å². The zero-order valence-electron chi connectivity index (χ0n) is 10.8. The summed E-state index contributed by atoms with van der Waals surface area (Å²) >= 11 is 1.82. The van der Waals surface area contributed by atoms with Crippen molar-refractivity contribution in [1.82, 2.24) is 4.90 Å². The largest absolute Gasteiger partial charge is 0.481 e. The molecule has 1 aromatic heterocycles. The van der Waals surface area contributed by atoms with E-state index in [1.165, 1.54) is 9.75 Å². The number of carboxylic acids is 1. The molecule has 0 unspecified atom stereocenters. The number of nitrogens with zero attached hydrogens (tertiary/aromatic N) is 1. The average Bonchev–Trinajstić information content (AvgIpc) is 2.62. The van der Waals surface area contributed by atoms with E-state index in [9.17, 15) is 4.79 Å². The van der Waals surface area contributed by atoms with E-state index in [-0.39, 0.29) is 6.42 Å². The minimum absolute atomic E-state index is 0.257. The molecule has 3 nitrogen and oxygen atoms in total. The molecule has 0 radical (unpaired) electrons. The molecule has 0 amide bonds. The molecule has 0 spiro atoms. The van der Waals surface area contributed by atoms with Crippen LogP contribution in [0.5, 0.6) is 0 Å². The summed E-state index contributed by atoms with van der Waals surface area (Å²) in [5, 5.41) is 8.64. The lowest BCUT2D eigenvalue weighted by Crippen LogP contribution is -2.31. The van der Waals surface area contributed by atoms with Gasteiger partial charge in [-0.2, -0.15) is 0 Å². The molecule has 0 aliphatic rings. The normalized spacial score (nSPS) is 11.4. The van der Waals surface area contributed by atoms with Crippen LogP contribution in [0.3, 0.4) is 0 Å². The molecule has 0 aromatic carbocycles. The highest BCUT2D eigenvalue weighted by atomic mass is 32.1. The van der Waals surface area contributed by atoms with Gasteiger partial charge in [-0.15, -0.1) is 11.3 Å². The van der Waals surface area contributed by atoms with Gasteiger partial charge in [0.1, 0.15) is 0 Å². The fourth-order valence-electron chi connectivity index (χ4n) is 1.72. The Labute approximate surface area is 107 Å². The van der Waals surface area contributed by atoms with Crippen molar-refractivity contribution < 1.29 is 9.90 Å². The third-order valence-electron chi connectivity index (χ3n) is 2.72. The summed E-state index contributed by atoms with van der Waals surface area (Å²) in [6.45, 7) is 8.19. The lowest BCUT2D eigenvalue weighted by atomic mass is 10.2. The van der Waals surface area contributed by atoms with Crippen LogP contribution in [0.4, 0.5) is 0 Å². The van der Waals surface area contributed by atoms with Gasteiger partial charge in [-0.25, -0.2) is 0 Å². The van der Waals surface area contributed by atoms with Crippen LogP contribution >= 0.6 is 11.3 Å². The summed E-state index contributed by atoms with van der Waals surface area (Å²) in [5.41, 5.74) is 0. The number of hydrogen-bond acceptors (Lipinski definition) is 3. The molecule has 0 fully saturated rings. The van der Waals surface area contributed by atoms with Crippen molar-refractivity contribution in [3.8, 4) is 0 Å². The van der Waals surface area contributed by atoms with Gasteiger partial charge >= 0.3 is 5.97 Å². The van der Waals surface area contributed by atoms with E-state index in [2.05, 4.69) is 37.8 Å². The molecule has 0 atom stereocenters. The second-order valence-electron chi connectivity index (χ2n) is 4.57. The van der Waals surface area contributed by atoms with Gasteiger partial charge in [-0.05, 0) is 45.9 Å². The predicted octanol–water partition coefficient (Wildman–Crippen LogP) is 3.13. The Kier molecular flexibility index (Phi) is 5.65. The van der Waals surface area contributed by atoms with E-state index in [1.807, 2.05) is 11.3 Å². The van der Waals surface area contributed by atoms with Gasteiger partial charge in [0, 0.05) is 28.8 Å². The second kappa shape index (κ2) is 6.77. The molecular formula is C13H21NO2S. The van der Waals surface area contributed by atoms with Crippen molar-refractivity contribution in [1.29, 1.82) is 0 Å². The lowest BCUT2D eigenvalue weighted by molar-refractivity contribution is -0.137. The Bertz CT molecular complexity index is 360. The number of aliphatic carboxylic acids is 1. The molecule has 17 heavy (non-hydrogen) atoms. The minimum atomic E-state index is -0.708. The number of hydrogen-bond donors (Lipinski definition) is 1. The summed E-state index contributed by atoms with van der Waals surface area (Å²) < 4.78 is 0. The van der Waals surface area contributed by atoms with Crippen molar-refractivity contribution in [3.05, 3.63) is 21.9 Å². The van der Waals surface area contributed by atoms with Crippen LogP contribution in [0, 0.1) is 6.92 Å². The van der Waals surface area contributed by atoms with Gasteiger partial charge in [0.2, 0.25) is 0 Å². The molecule has 0 bridgehead atoms. The monoisotopic (exact) mass is 255 g/mol. The third kappa shape index (κ3) is 5.33. The van der Waals surface area contributed by atoms with Gasteiger partial charge in [0.25, 0.3) is 0 Å². The molecule has 4 heteroatoms. The summed E-state index contributed by atoms with van der Waals surface area (Å²) in [7, 11) is 0. The van der Waals surface area contributed by atoms with E-state index in [0.29, 0.717) is 6.04 Å². The first-order valence-electron chi connectivity index (χ1n) is 6.00. The zero-order chi connectivity index (χ0) is 12.8. The predicted molar refractivity (Wildman–Crippen MR) is 71.5 cm³/mol. The number of carboxylic acid groups (broad SMARTS) is 1. The first-order valence-corrected chi connectivity index (χ1v) is 6.82. The van der Waals surface area contributed by atoms with Crippen molar-refractivity contribution in [2.24, 2.45) is 0 Å². The molecule has 0 aliphatic carbocycles. The summed E-state index contributed by atoms with van der Waals surface area (Å²) in [6.07, 6.45) is 0.977. The highest BCUT2D eigenvalue weighted by Crippen LogP contribution is 2.18. The maximum Gasteiger partial charge on any atom is 0.303 e. The Balaban J connectivity index is 2.46. The smallest absolute Gasteiger partial charge is 0.303 e. The molecule has 1 aromatic rings. The molecule has 1 N–H and O–H groups in total. The van der Waals surface area contributed by atoms with Crippen molar-refractivity contribution in [2.45, 2.75) is 46.2 Å². The van der Waals surface area contributed by atoms with Crippen LogP contribution in [-0.4, -0.2) is 28.6 Å². The number of rotatable bonds is 7. The zero-order valence-corrected chi connectivity index (χ0v) is 11.6. The van der Waals surface area contributed by atoms with Crippen LogP contribution in [0.2, 0.25) is 0 Å². The number of thiophene rings is 1. The first kappa shape index (κ1) is 14.2. The fraction of sp³-hybridized carbons (Fsp3) is 0.615. The fourth-order valence-corrected chi connectivity index (χ4v) is 2.64. The van der Waals surface area contributed by atoms with Gasteiger partial charge in [0.15, 0.2) is 0 Å². The molecule has 0 aliphatic heterocycles. The van der Waals surface area contributed by atoms with Crippen LogP contribution in [0.1, 0.15) is 36.4 Å². The maximum atomic E-state index is 10.5. The van der Waals surface area contributed by atoms with Gasteiger partial charge in [-0.1, -0.05) is 0 Å². The Morgan fingerprint density at radius 1 is 1.47 bits per heavy atom. The van der Waals surface area contributed by atoms with Crippen molar-refractivity contribution in [3.63, 3.8) is 0 Å². The second-order valence-corrected chi connectivity index (χ2v) is 5.95. The lowest BCUT2D eigenvalue weighted by Gasteiger charge is -2.25. The summed E-state index contributed by atoms with van der Waals surface area (Å²) in [4.78, 5) is 15.5. The van der Waals surface area contributed by atoms with E-state index >= 15 is 0 Å². The standard InChI is InChI=1S/C13H21NO2S/c1-10(2)14(8-4-5-13(15)16)9-12-7-6-11(3)17-12/h6-7,10H,4-5,8-9H2,1-3H3,(H,15,16). The topological polar surface area (TPSA) is 40.5 Å². The van der Waals surface area contributed by atoms with Crippen molar-refractivity contribution >= 4 is 17.3 Å². The molecule has 96 valence electrons. The Morgan fingerprint density at radius 2 is 2.18 bits per heavy atom. The number of aryl methyl sites for hydroxylation is 1. The first-order chi connectivity index (χ1) is 7.99. The van der Waals surface area contributed by atoms with Crippen molar-refractivity contribution in [2.75, 3.05) is 6.54 Å². The van der Waals surface area contributed by atoms with E-state index in [1.54, 1.807) is 0 Å². The molecule has 0 saturated carbocycles. The van der Waals surface area contributed by atoms with Crippen LogP contribution in [-0.2, 0) is 11.3 Å². The minimum Gasteiger partial charge on any atom is -0.481 e. The highest BCUT2D eigenvalue weighted by molar-refractivity contribution is 7.11. The molecule has 0 saturated heterocycles. The van der Waals surface area contributed by atoms with E-state index in [4.69, 9.17) is 5.11 Å². The van der Waals surface area contributed by atoms with Crippen LogP contribution in [0.25, 0.3) is 0 Å². The van der Waals surface area contributed by atoms with Gasteiger partial charge < -0.3 is 5.11 Å². The Morgan fingerprint density at radius 3 is 2.65 bits per heavy atom. The van der Waals surface area contributed by atoms with Gasteiger partial charge in [-0.3, -0.25) is 9.69 Å².